The minimum atomic E-state index is -0.534. The molecular weight excluding hydrogens is 214 g/mol. The van der Waals surface area contributed by atoms with Gasteiger partial charge in [-0.05, 0) is 32.7 Å². The number of carbonyl (C=O) groups excluding carboxylic acids is 1. The molecule has 1 amide bonds. The second-order valence-electron chi connectivity index (χ2n) is 5.34. The second kappa shape index (κ2) is 6.02. The Kier molecular flexibility index (Phi) is 4.95. The SMILES string of the molecule is CC(C)C(C#N)C(=O)NCC(C)N(C)C1CC1. The third kappa shape index (κ3) is 4.01. The topological polar surface area (TPSA) is 56.1 Å². The van der Waals surface area contributed by atoms with Gasteiger partial charge in [-0.3, -0.25) is 9.69 Å². The molecule has 2 atom stereocenters. The Bertz CT molecular complexity index is 304. The van der Waals surface area contributed by atoms with E-state index >= 15 is 0 Å². The summed E-state index contributed by atoms with van der Waals surface area (Å²) in [6.07, 6.45) is 2.53. The normalized spacial score (nSPS) is 18.9. The molecule has 1 saturated carbocycles. The van der Waals surface area contributed by atoms with Crippen molar-refractivity contribution in [3.63, 3.8) is 0 Å². The molecule has 4 nitrogen and oxygen atoms in total. The largest absolute Gasteiger partial charge is 0.353 e. The molecule has 1 aliphatic carbocycles. The lowest BCUT2D eigenvalue weighted by atomic mass is 9.96. The van der Waals surface area contributed by atoms with Gasteiger partial charge < -0.3 is 5.32 Å². The maximum atomic E-state index is 11.8. The highest BCUT2D eigenvalue weighted by atomic mass is 16.1. The maximum absolute atomic E-state index is 11.8. The molecule has 1 fully saturated rings. The van der Waals surface area contributed by atoms with Crippen LogP contribution in [-0.2, 0) is 4.79 Å². The number of nitrogens with one attached hydrogen (secondary N) is 1. The van der Waals surface area contributed by atoms with Crippen molar-refractivity contribution in [3.8, 4) is 6.07 Å². The first-order valence-electron chi connectivity index (χ1n) is 6.36. The predicted octanol–water partition coefficient (Wildman–Crippen LogP) is 1.38. The molecule has 0 heterocycles. The number of amides is 1. The van der Waals surface area contributed by atoms with E-state index in [-0.39, 0.29) is 11.8 Å². The first kappa shape index (κ1) is 14.0. The van der Waals surface area contributed by atoms with E-state index in [0.29, 0.717) is 18.6 Å². The summed E-state index contributed by atoms with van der Waals surface area (Å²) in [5, 5.41) is 11.8. The summed E-state index contributed by atoms with van der Waals surface area (Å²) in [7, 11) is 2.10. The predicted molar refractivity (Wildman–Crippen MR) is 67.2 cm³/mol. The molecule has 0 bridgehead atoms. The van der Waals surface area contributed by atoms with Crippen molar-refractivity contribution in [2.45, 2.75) is 45.7 Å². The maximum Gasteiger partial charge on any atom is 0.237 e. The van der Waals surface area contributed by atoms with Crippen molar-refractivity contribution in [1.29, 1.82) is 5.26 Å². The van der Waals surface area contributed by atoms with E-state index in [1.165, 1.54) is 12.8 Å². The Balaban J connectivity index is 2.34. The quantitative estimate of drug-likeness (QED) is 0.759. The van der Waals surface area contributed by atoms with Crippen molar-refractivity contribution >= 4 is 5.91 Å². The van der Waals surface area contributed by atoms with E-state index in [9.17, 15) is 4.79 Å². The van der Waals surface area contributed by atoms with Gasteiger partial charge in [-0.1, -0.05) is 13.8 Å². The number of likely N-dealkylation sites (N-methyl/N-ethyl adjacent to an activating group) is 1. The molecule has 96 valence electrons. The van der Waals surface area contributed by atoms with Gasteiger partial charge in [0.1, 0.15) is 5.92 Å². The summed E-state index contributed by atoms with van der Waals surface area (Å²) in [6.45, 7) is 6.52. The zero-order chi connectivity index (χ0) is 13.0. The van der Waals surface area contributed by atoms with Gasteiger partial charge in [0.15, 0.2) is 0 Å². The van der Waals surface area contributed by atoms with Gasteiger partial charge in [-0.15, -0.1) is 0 Å². The van der Waals surface area contributed by atoms with Crippen LogP contribution in [0.15, 0.2) is 0 Å². The minimum Gasteiger partial charge on any atom is -0.353 e. The zero-order valence-corrected chi connectivity index (χ0v) is 11.2. The van der Waals surface area contributed by atoms with Gasteiger partial charge in [0.05, 0.1) is 6.07 Å². The van der Waals surface area contributed by atoms with Gasteiger partial charge >= 0.3 is 0 Å². The van der Waals surface area contributed by atoms with Gasteiger partial charge in [0, 0.05) is 18.6 Å². The zero-order valence-electron chi connectivity index (χ0n) is 11.2. The molecule has 0 saturated heterocycles. The lowest BCUT2D eigenvalue weighted by molar-refractivity contribution is -0.124. The Morgan fingerprint density at radius 2 is 2.06 bits per heavy atom. The van der Waals surface area contributed by atoms with E-state index in [0.717, 1.165) is 0 Å². The minimum absolute atomic E-state index is 0.0662. The molecule has 0 aromatic carbocycles. The average molecular weight is 237 g/mol. The summed E-state index contributed by atoms with van der Waals surface area (Å²) in [5.41, 5.74) is 0. The van der Waals surface area contributed by atoms with Crippen molar-refractivity contribution in [2.75, 3.05) is 13.6 Å². The molecule has 4 heteroatoms. The second-order valence-corrected chi connectivity index (χ2v) is 5.34. The standard InChI is InChI=1S/C13H23N3O/c1-9(2)12(7-14)13(17)15-8-10(3)16(4)11-5-6-11/h9-12H,5-6,8H2,1-4H3,(H,15,17). The number of carbonyl (C=O) groups is 1. The average Bonchev–Trinajstić information content (AvgIpc) is 3.09. The van der Waals surface area contributed by atoms with Crippen molar-refractivity contribution in [2.24, 2.45) is 11.8 Å². The highest BCUT2D eigenvalue weighted by Crippen LogP contribution is 2.26. The fourth-order valence-corrected chi connectivity index (χ4v) is 1.85. The van der Waals surface area contributed by atoms with Gasteiger partial charge in [-0.2, -0.15) is 5.26 Å². The Labute approximate surface area is 104 Å². The van der Waals surface area contributed by atoms with E-state index in [1.54, 1.807) is 0 Å². The summed E-state index contributed by atoms with van der Waals surface area (Å²) >= 11 is 0. The van der Waals surface area contributed by atoms with Gasteiger partial charge in [0.2, 0.25) is 5.91 Å². The van der Waals surface area contributed by atoms with E-state index in [4.69, 9.17) is 5.26 Å². The van der Waals surface area contributed by atoms with Crippen LogP contribution in [0.4, 0.5) is 0 Å². The van der Waals surface area contributed by atoms with Crippen LogP contribution < -0.4 is 5.32 Å². The van der Waals surface area contributed by atoms with Gasteiger partial charge in [0.25, 0.3) is 0 Å². The molecule has 0 spiro atoms. The molecule has 2 unspecified atom stereocenters. The highest BCUT2D eigenvalue weighted by molar-refractivity contribution is 5.81. The number of nitriles is 1. The molecule has 0 aromatic heterocycles. The molecule has 0 radical (unpaired) electrons. The van der Waals surface area contributed by atoms with Crippen LogP contribution >= 0.6 is 0 Å². The number of rotatable bonds is 6. The molecule has 17 heavy (non-hydrogen) atoms. The molecule has 0 aromatic rings. The monoisotopic (exact) mass is 237 g/mol. The highest BCUT2D eigenvalue weighted by Gasteiger charge is 2.29. The summed E-state index contributed by atoms with van der Waals surface area (Å²) in [4.78, 5) is 14.1. The van der Waals surface area contributed by atoms with Gasteiger partial charge in [-0.25, -0.2) is 0 Å². The number of hydrogen-bond acceptors (Lipinski definition) is 3. The molecular formula is C13H23N3O. The van der Waals surface area contributed by atoms with Crippen LogP contribution in [0.3, 0.4) is 0 Å². The summed E-state index contributed by atoms with van der Waals surface area (Å²) in [5.74, 6) is -0.608. The van der Waals surface area contributed by atoms with Crippen LogP contribution in [0.5, 0.6) is 0 Å². The van der Waals surface area contributed by atoms with Crippen LogP contribution in [0.25, 0.3) is 0 Å². The van der Waals surface area contributed by atoms with Crippen LogP contribution in [0, 0.1) is 23.2 Å². The Morgan fingerprint density at radius 3 is 2.47 bits per heavy atom. The molecule has 1 aliphatic rings. The molecule has 0 aliphatic heterocycles. The van der Waals surface area contributed by atoms with Crippen LogP contribution in [0.1, 0.15) is 33.6 Å². The first-order chi connectivity index (χ1) is 7.97. The number of hydrogen-bond donors (Lipinski definition) is 1. The summed E-state index contributed by atoms with van der Waals surface area (Å²) < 4.78 is 0. The smallest absolute Gasteiger partial charge is 0.237 e. The third-order valence-corrected chi connectivity index (χ3v) is 3.48. The Hall–Kier alpha value is -1.08. The first-order valence-corrected chi connectivity index (χ1v) is 6.36. The molecule has 1 rings (SSSR count). The van der Waals surface area contributed by atoms with Crippen molar-refractivity contribution in [3.05, 3.63) is 0 Å². The van der Waals surface area contributed by atoms with Crippen LogP contribution in [-0.4, -0.2) is 36.5 Å². The van der Waals surface area contributed by atoms with E-state index in [1.807, 2.05) is 13.8 Å². The van der Waals surface area contributed by atoms with Crippen molar-refractivity contribution in [1.82, 2.24) is 10.2 Å². The summed E-state index contributed by atoms with van der Waals surface area (Å²) in [6, 6.07) is 3.09. The van der Waals surface area contributed by atoms with E-state index in [2.05, 4.69) is 30.3 Å². The lowest BCUT2D eigenvalue weighted by Crippen LogP contribution is -2.43. The molecule has 1 N–H and O–H groups in total. The fraction of sp³-hybridized carbons (Fsp3) is 0.846. The van der Waals surface area contributed by atoms with Crippen LogP contribution in [0.2, 0.25) is 0 Å². The number of nitrogens with zero attached hydrogens (tertiary/aromatic N) is 2. The third-order valence-electron chi connectivity index (χ3n) is 3.48. The lowest BCUT2D eigenvalue weighted by Gasteiger charge is -2.25. The van der Waals surface area contributed by atoms with Crippen molar-refractivity contribution < 1.29 is 4.79 Å². The fourth-order valence-electron chi connectivity index (χ4n) is 1.85. The Morgan fingerprint density at radius 1 is 1.47 bits per heavy atom. The van der Waals surface area contributed by atoms with E-state index < -0.39 is 5.92 Å².